The molecule has 0 radical (unpaired) electrons. The number of nitrogens with zero attached hydrogens (tertiary/aromatic N) is 4. The number of benzene rings is 1. The first-order valence-corrected chi connectivity index (χ1v) is 6.64. The fraction of sp³-hybridized carbons (Fsp3) is 0. The molecular formula is C13H7BrFN5. The predicted octanol–water partition coefficient (Wildman–Crippen LogP) is 3.17. The van der Waals surface area contributed by atoms with E-state index in [1.54, 1.807) is 35.4 Å². The van der Waals surface area contributed by atoms with E-state index in [2.05, 4.69) is 36.0 Å². The first-order chi connectivity index (χ1) is 9.72. The number of hydrogen-bond donors (Lipinski definition) is 1. The number of halogens is 2. The van der Waals surface area contributed by atoms with Crippen LogP contribution in [0.5, 0.6) is 0 Å². The van der Waals surface area contributed by atoms with E-state index in [-0.39, 0.29) is 5.82 Å². The minimum absolute atomic E-state index is 0.325. The Kier molecular flexibility index (Phi) is 2.37. The Hall–Kier alpha value is -2.28. The lowest BCUT2D eigenvalue weighted by atomic mass is 10.3. The van der Waals surface area contributed by atoms with Gasteiger partial charge < -0.3 is 4.98 Å². The number of fused-ring (bicyclic) bond motifs is 2. The summed E-state index contributed by atoms with van der Waals surface area (Å²) >= 11 is 3.16. The van der Waals surface area contributed by atoms with Crippen molar-refractivity contribution in [3.63, 3.8) is 0 Å². The Morgan fingerprint density at radius 3 is 3.05 bits per heavy atom. The maximum Gasteiger partial charge on any atom is 0.142 e. The highest BCUT2D eigenvalue weighted by molar-refractivity contribution is 9.10. The van der Waals surface area contributed by atoms with E-state index in [9.17, 15) is 4.39 Å². The maximum absolute atomic E-state index is 13.5. The first-order valence-electron chi connectivity index (χ1n) is 5.85. The second kappa shape index (κ2) is 4.11. The molecule has 0 fully saturated rings. The molecule has 5 nitrogen and oxygen atoms in total. The van der Waals surface area contributed by atoms with Gasteiger partial charge in [0.2, 0.25) is 0 Å². The number of nitrogens with one attached hydrogen (secondary N) is 1. The van der Waals surface area contributed by atoms with Gasteiger partial charge in [-0.2, -0.15) is 5.10 Å². The first kappa shape index (κ1) is 11.5. The van der Waals surface area contributed by atoms with Gasteiger partial charge in [0.1, 0.15) is 11.6 Å². The zero-order valence-electron chi connectivity index (χ0n) is 10.0. The quantitative estimate of drug-likeness (QED) is 0.582. The molecule has 0 amide bonds. The zero-order chi connectivity index (χ0) is 13.7. The summed E-state index contributed by atoms with van der Waals surface area (Å²) in [5.41, 5.74) is 3.00. The summed E-state index contributed by atoms with van der Waals surface area (Å²) in [6, 6.07) is 3.06. The minimum atomic E-state index is -0.325. The van der Waals surface area contributed by atoms with Gasteiger partial charge in [-0.15, -0.1) is 0 Å². The molecule has 0 spiro atoms. The highest BCUT2D eigenvalue weighted by Gasteiger charge is 2.12. The smallest absolute Gasteiger partial charge is 0.142 e. The lowest BCUT2D eigenvalue weighted by molar-refractivity contribution is 0.623. The van der Waals surface area contributed by atoms with Crippen molar-refractivity contribution in [3.05, 3.63) is 47.2 Å². The zero-order valence-corrected chi connectivity index (χ0v) is 11.6. The Morgan fingerprint density at radius 1 is 1.25 bits per heavy atom. The van der Waals surface area contributed by atoms with E-state index in [1.807, 2.05) is 0 Å². The second-order valence-electron chi connectivity index (χ2n) is 4.33. The van der Waals surface area contributed by atoms with Crippen LogP contribution in [0.3, 0.4) is 0 Å². The van der Waals surface area contributed by atoms with Crippen LogP contribution in [0.25, 0.3) is 27.9 Å². The summed E-state index contributed by atoms with van der Waals surface area (Å²) in [4.78, 5) is 11.7. The summed E-state index contributed by atoms with van der Waals surface area (Å²) in [5, 5.41) is 4.23. The van der Waals surface area contributed by atoms with Crippen LogP contribution in [-0.2, 0) is 0 Å². The molecule has 0 atom stereocenters. The molecule has 3 heterocycles. The highest BCUT2D eigenvalue weighted by atomic mass is 79.9. The molecule has 0 aliphatic heterocycles. The van der Waals surface area contributed by atoms with Gasteiger partial charge in [0, 0.05) is 18.5 Å². The summed E-state index contributed by atoms with van der Waals surface area (Å²) in [6.45, 7) is 0. The SMILES string of the molecule is Fc1cc2[nH]c(-c3cnn4ccncc34)nc2cc1Br. The fourth-order valence-electron chi connectivity index (χ4n) is 2.15. The van der Waals surface area contributed by atoms with Crippen LogP contribution in [0.15, 0.2) is 41.4 Å². The normalized spacial score (nSPS) is 11.5. The molecule has 4 aromatic rings. The lowest BCUT2D eigenvalue weighted by Gasteiger charge is -1.93. The monoisotopic (exact) mass is 331 g/mol. The summed E-state index contributed by atoms with van der Waals surface area (Å²) in [6.07, 6.45) is 6.85. The molecule has 7 heteroatoms. The van der Waals surface area contributed by atoms with Crippen LogP contribution in [0.4, 0.5) is 4.39 Å². The van der Waals surface area contributed by atoms with Crippen molar-refractivity contribution >= 4 is 32.5 Å². The Labute approximate surface area is 120 Å². The van der Waals surface area contributed by atoms with Gasteiger partial charge in [0.05, 0.1) is 39.0 Å². The van der Waals surface area contributed by atoms with Crippen molar-refractivity contribution in [2.45, 2.75) is 0 Å². The van der Waals surface area contributed by atoms with Crippen molar-refractivity contribution in [1.29, 1.82) is 0 Å². The Morgan fingerprint density at radius 2 is 2.15 bits per heavy atom. The number of aromatic nitrogens is 5. The standard InChI is InChI=1S/C13H7BrFN5/c14-8-3-10-11(4-9(8)15)19-13(18-10)7-5-17-20-2-1-16-6-12(7)20/h1-6H,(H,18,19). The van der Waals surface area contributed by atoms with Crippen LogP contribution in [0, 0.1) is 5.82 Å². The van der Waals surface area contributed by atoms with E-state index in [0.717, 1.165) is 11.1 Å². The average Bonchev–Trinajstić information content (AvgIpc) is 3.02. The van der Waals surface area contributed by atoms with Crippen LogP contribution < -0.4 is 0 Å². The van der Waals surface area contributed by atoms with Gasteiger partial charge in [-0.25, -0.2) is 13.9 Å². The van der Waals surface area contributed by atoms with Gasteiger partial charge in [-0.3, -0.25) is 4.98 Å². The fourth-order valence-corrected chi connectivity index (χ4v) is 2.48. The van der Waals surface area contributed by atoms with E-state index in [4.69, 9.17) is 0 Å². The molecule has 1 N–H and O–H groups in total. The molecule has 0 unspecified atom stereocenters. The third-order valence-corrected chi connectivity index (χ3v) is 3.71. The molecule has 0 aliphatic rings. The van der Waals surface area contributed by atoms with Crippen LogP contribution >= 0.6 is 15.9 Å². The molecule has 4 rings (SSSR count). The van der Waals surface area contributed by atoms with Crippen LogP contribution in [0.2, 0.25) is 0 Å². The molecule has 0 aliphatic carbocycles. The van der Waals surface area contributed by atoms with Crippen molar-refractivity contribution < 1.29 is 4.39 Å². The summed E-state index contributed by atoms with van der Waals surface area (Å²) in [7, 11) is 0. The molecule has 3 aromatic heterocycles. The molecule has 20 heavy (non-hydrogen) atoms. The molecule has 0 bridgehead atoms. The van der Waals surface area contributed by atoms with Crippen LogP contribution in [0.1, 0.15) is 0 Å². The Bertz CT molecular complexity index is 903. The predicted molar refractivity (Wildman–Crippen MR) is 75.7 cm³/mol. The average molecular weight is 332 g/mol. The third-order valence-electron chi connectivity index (χ3n) is 3.10. The number of imidazole rings is 1. The topological polar surface area (TPSA) is 58.9 Å². The minimum Gasteiger partial charge on any atom is -0.338 e. The van der Waals surface area contributed by atoms with Gasteiger partial charge in [0.15, 0.2) is 0 Å². The van der Waals surface area contributed by atoms with Gasteiger partial charge >= 0.3 is 0 Å². The molecular weight excluding hydrogens is 325 g/mol. The molecule has 0 saturated heterocycles. The van der Waals surface area contributed by atoms with Crippen molar-refractivity contribution in [2.75, 3.05) is 0 Å². The molecule has 98 valence electrons. The highest BCUT2D eigenvalue weighted by Crippen LogP contribution is 2.27. The maximum atomic E-state index is 13.5. The number of hydrogen-bond acceptors (Lipinski definition) is 3. The number of H-pyrrole nitrogens is 1. The Balaban J connectivity index is 1.98. The van der Waals surface area contributed by atoms with E-state index in [1.165, 1.54) is 6.07 Å². The van der Waals surface area contributed by atoms with Crippen molar-refractivity contribution in [1.82, 2.24) is 24.6 Å². The van der Waals surface area contributed by atoms with Gasteiger partial charge in [-0.1, -0.05) is 0 Å². The van der Waals surface area contributed by atoms with Gasteiger partial charge in [-0.05, 0) is 22.0 Å². The molecule has 0 saturated carbocycles. The van der Waals surface area contributed by atoms with Gasteiger partial charge in [0.25, 0.3) is 0 Å². The number of rotatable bonds is 1. The van der Waals surface area contributed by atoms with E-state index < -0.39 is 0 Å². The third kappa shape index (κ3) is 1.63. The molecule has 1 aromatic carbocycles. The van der Waals surface area contributed by atoms with Crippen LogP contribution in [-0.4, -0.2) is 24.6 Å². The number of aromatic amines is 1. The van der Waals surface area contributed by atoms with Crippen molar-refractivity contribution in [2.24, 2.45) is 0 Å². The van der Waals surface area contributed by atoms with E-state index >= 15 is 0 Å². The summed E-state index contributed by atoms with van der Waals surface area (Å²) in [5.74, 6) is 0.315. The largest absolute Gasteiger partial charge is 0.338 e. The lowest BCUT2D eigenvalue weighted by Crippen LogP contribution is -1.86. The van der Waals surface area contributed by atoms with E-state index in [0.29, 0.717) is 21.3 Å². The van der Waals surface area contributed by atoms with Crippen molar-refractivity contribution in [3.8, 4) is 11.4 Å². The second-order valence-corrected chi connectivity index (χ2v) is 5.19. The summed E-state index contributed by atoms with van der Waals surface area (Å²) < 4.78 is 15.6.